The molecule has 0 saturated carbocycles. The van der Waals surface area contributed by atoms with Crippen LogP contribution in [0.2, 0.25) is 0 Å². The topological polar surface area (TPSA) is 77.2 Å². The third-order valence-corrected chi connectivity index (χ3v) is 3.44. The van der Waals surface area contributed by atoms with Gasteiger partial charge in [-0.1, -0.05) is 18.2 Å². The van der Waals surface area contributed by atoms with Crippen LogP contribution in [0.15, 0.2) is 30.5 Å². The van der Waals surface area contributed by atoms with E-state index >= 15 is 0 Å². The molecule has 5 nitrogen and oxygen atoms in total. The number of hydrazine groups is 1. The van der Waals surface area contributed by atoms with E-state index in [0.717, 1.165) is 16.3 Å². The standard InChI is InChI=1S/C12H13N3O2S/c1-17-9-5-3-2-4-8(9)6-11-14-7-10(18-11)12(16)15-13/h2-5,7H,6,13H2,1H3,(H,15,16). The van der Waals surface area contributed by atoms with Gasteiger partial charge in [0.05, 0.1) is 18.3 Å². The van der Waals surface area contributed by atoms with Crippen molar-refractivity contribution in [2.45, 2.75) is 6.42 Å². The number of benzene rings is 1. The Labute approximate surface area is 109 Å². The van der Waals surface area contributed by atoms with Gasteiger partial charge in [0.15, 0.2) is 0 Å². The van der Waals surface area contributed by atoms with Crippen molar-refractivity contribution < 1.29 is 9.53 Å². The number of carbonyl (C=O) groups excluding carboxylic acids is 1. The minimum Gasteiger partial charge on any atom is -0.496 e. The highest BCUT2D eigenvalue weighted by molar-refractivity contribution is 7.13. The van der Waals surface area contributed by atoms with Crippen LogP contribution in [0.5, 0.6) is 5.75 Å². The molecule has 0 atom stereocenters. The van der Waals surface area contributed by atoms with E-state index in [2.05, 4.69) is 10.4 Å². The first-order valence-corrected chi connectivity index (χ1v) is 6.13. The highest BCUT2D eigenvalue weighted by atomic mass is 32.1. The maximum atomic E-state index is 11.3. The molecule has 2 aromatic rings. The molecule has 0 fully saturated rings. The second kappa shape index (κ2) is 5.61. The van der Waals surface area contributed by atoms with Gasteiger partial charge in [-0.15, -0.1) is 11.3 Å². The molecule has 0 saturated heterocycles. The fourth-order valence-corrected chi connectivity index (χ4v) is 2.42. The average Bonchev–Trinajstić information content (AvgIpc) is 2.87. The first kappa shape index (κ1) is 12.5. The maximum absolute atomic E-state index is 11.3. The van der Waals surface area contributed by atoms with Crippen LogP contribution in [0.1, 0.15) is 20.2 Å². The van der Waals surface area contributed by atoms with E-state index in [1.165, 1.54) is 17.5 Å². The molecule has 0 aliphatic rings. The van der Waals surface area contributed by atoms with Gasteiger partial charge in [-0.2, -0.15) is 0 Å². The van der Waals surface area contributed by atoms with E-state index in [4.69, 9.17) is 10.6 Å². The number of amides is 1. The van der Waals surface area contributed by atoms with Gasteiger partial charge >= 0.3 is 0 Å². The van der Waals surface area contributed by atoms with Gasteiger partial charge in [0, 0.05) is 12.0 Å². The fourth-order valence-electron chi connectivity index (χ4n) is 1.58. The van der Waals surface area contributed by atoms with Crippen LogP contribution < -0.4 is 16.0 Å². The van der Waals surface area contributed by atoms with Crippen molar-refractivity contribution >= 4 is 17.2 Å². The summed E-state index contributed by atoms with van der Waals surface area (Å²) in [5, 5.41) is 0.845. The Morgan fingerprint density at radius 3 is 3.00 bits per heavy atom. The predicted octanol–water partition coefficient (Wildman–Crippen LogP) is 1.35. The normalized spacial score (nSPS) is 10.1. The maximum Gasteiger partial charge on any atom is 0.276 e. The zero-order valence-corrected chi connectivity index (χ0v) is 10.7. The summed E-state index contributed by atoms with van der Waals surface area (Å²) in [6, 6.07) is 7.73. The summed E-state index contributed by atoms with van der Waals surface area (Å²) in [4.78, 5) is 16.0. The number of hydrogen-bond acceptors (Lipinski definition) is 5. The van der Waals surface area contributed by atoms with Gasteiger partial charge in [0.2, 0.25) is 0 Å². The first-order chi connectivity index (χ1) is 8.74. The zero-order valence-electron chi connectivity index (χ0n) is 9.84. The Balaban J connectivity index is 2.19. The monoisotopic (exact) mass is 263 g/mol. The van der Waals surface area contributed by atoms with E-state index in [9.17, 15) is 4.79 Å². The molecule has 1 aromatic carbocycles. The molecule has 18 heavy (non-hydrogen) atoms. The minimum absolute atomic E-state index is 0.321. The van der Waals surface area contributed by atoms with Crippen molar-refractivity contribution in [1.29, 1.82) is 0 Å². The van der Waals surface area contributed by atoms with Crippen molar-refractivity contribution in [3.8, 4) is 5.75 Å². The van der Waals surface area contributed by atoms with Crippen LogP contribution in [0.25, 0.3) is 0 Å². The summed E-state index contributed by atoms with van der Waals surface area (Å²) in [6.07, 6.45) is 2.16. The van der Waals surface area contributed by atoms with Crippen molar-refractivity contribution in [2.75, 3.05) is 7.11 Å². The largest absolute Gasteiger partial charge is 0.496 e. The number of nitrogens with one attached hydrogen (secondary N) is 1. The summed E-state index contributed by atoms with van der Waals surface area (Å²) >= 11 is 1.32. The van der Waals surface area contributed by atoms with Gasteiger partial charge in [0.25, 0.3) is 5.91 Å². The van der Waals surface area contributed by atoms with Crippen LogP contribution >= 0.6 is 11.3 Å². The van der Waals surface area contributed by atoms with E-state index in [-0.39, 0.29) is 5.91 Å². The lowest BCUT2D eigenvalue weighted by Crippen LogP contribution is -2.29. The number of hydrogen-bond donors (Lipinski definition) is 2. The van der Waals surface area contributed by atoms with Crippen LogP contribution in [-0.4, -0.2) is 18.0 Å². The summed E-state index contributed by atoms with van der Waals surface area (Å²) in [5.41, 5.74) is 3.12. The highest BCUT2D eigenvalue weighted by Gasteiger charge is 2.11. The number of aromatic nitrogens is 1. The molecule has 2 rings (SSSR count). The number of nitrogens with zero attached hydrogens (tertiary/aromatic N) is 1. The SMILES string of the molecule is COc1ccccc1Cc1ncc(C(=O)NN)s1. The van der Waals surface area contributed by atoms with Crippen molar-refractivity contribution in [3.05, 3.63) is 45.9 Å². The van der Waals surface area contributed by atoms with Crippen molar-refractivity contribution in [1.82, 2.24) is 10.4 Å². The molecule has 0 bridgehead atoms. The van der Waals surface area contributed by atoms with Gasteiger partial charge in [0.1, 0.15) is 10.6 Å². The number of thiazole rings is 1. The van der Waals surface area contributed by atoms with E-state index in [0.29, 0.717) is 11.3 Å². The number of carbonyl (C=O) groups is 1. The Hall–Kier alpha value is -1.92. The number of rotatable bonds is 4. The number of ether oxygens (including phenoxy) is 1. The summed E-state index contributed by atoms with van der Waals surface area (Å²) in [7, 11) is 1.63. The highest BCUT2D eigenvalue weighted by Crippen LogP contribution is 2.23. The summed E-state index contributed by atoms with van der Waals surface area (Å²) < 4.78 is 5.27. The van der Waals surface area contributed by atoms with Gasteiger partial charge in [-0.05, 0) is 6.07 Å². The smallest absolute Gasteiger partial charge is 0.276 e. The zero-order chi connectivity index (χ0) is 13.0. The minimum atomic E-state index is -0.321. The number of nitrogens with two attached hydrogens (primary N) is 1. The molecule has 0 radical (unpaired) electrons. The lowest BCUT2D eigenvalue weighted by Gasteiger charge is -2.05. The van der Waals surface area contributed by atoms with E-state index in [1.807, 2.05) is 24.3 Å². The molecule has 0 unspecified atom stereocenters. The second-order valence-electron chi connectivity index (χ2n) is 3.58. The first-order valence-electron chi connectivity index (χ1n) is 5.32. The molecule has 1 amide bonds. The molecule has 6 heteroatoms. The number of nitrogen functional groups attached to an aromatic ring is 1. The molecule has 1 aromatic heterocycles. The Kier molecular flexibility index (Phi) is 3.91. The third-order valence-electron chi connectivity index (χ3n) is 2.44. The van der Waals surface area contributed by atoms with Crippen LogP contribution in [0.3, 0.4) is 0 Å². The molecule has 1 heterocycles. The van der Waals surface area contributed by atoms with E-state index in [1.54, 1.807) is 7.11 Å². The lowest BCUT2D eigenvalue weighted by molar-refractivity contribution is 0.0957. The molecule has 0 spiro atoms. The van der Waals surface area contributed by atoms with Crippen LogP contribution in [0, 0.1) is 0 Å². The summed E-state index contributed by atoms with van der Waals surface area (Å²) in [5.74, 6) is 5.57. The third kappa shape index (κ3) is 2.66. The molecule has 3 N–H and O–H groups in total. The Morgan fingerprint density at radius 2 is 2.28 bits per heavy atom. The fraction of sp³-hybridized carbons (Fsp3) is 0.167. The molecule has 0 aliphatic heterocycles. The Morgan fingerprint density at radius 1 is 1.50 bits per heavy atom. The van der Waals surface area contributed by atoms with Crippen molar-refractivity contribution in [2.24, 2.45) is 5.84 Å². The van der Waals surface area contributed by atoms with Gasteiger partial charge < -0.3 is 4.74 Å². The quantitative estimate of drug-likeness (QED) is 0.496. The Bertz CT molecular complexity index is 554. The van der Waals surface area contributed by atoms with Crippen molar-refractivity contribution in [3.63, 3.8) is 0 Å². The lowest BCUT2D eigenvalue weighted by atomic mass is 10.1. The molecular formula is C12H13N3O2S. The number of para-hydroxylation sites is 1. The number of methoxy groups -OCH3 is 1. The van der Waals surface area contributed by atoms with Gasteiger partial charge in [-0.25, -0.2) is 10.8 Å². The van der Waals surface area contributed by atoms with Crippen LogP contribution in [-0.2, 0) is 6.42 Å². The molecule has 94 valence electrons. The van der Waals surface area contributed by atoms with Crippen LogP contribution in [0.4, 0.5) is 0 Å². The molecule has 0 aliphatic carbocycles. The predicted molar refractivity (Wildman–Crippen MR) is 69.6 cm³/mol. The molecular weight excluding hydrogens is 250 g/mol. The summed E-state index contributed by atoms with van der Waals surface area (Å²) in [6.45, 7) is 0. The van der Waals surface area contributed by atoms with E-state index < -0.39 is 0 Å². The van der Waals surface area contributed by atoms with Gasteiger partial charge in [-0.3, -0.25) is 10.2 Å². The second-order valence-corrected chi connectivity index (χ2v) is 4.70. The average molecular weight is 263 g/mol.